The van der Waals surface area contributed by atoms with E-state index in [4.69, 9.17) is 10.5 Å². The van der Waals surface area contributed by atoms with Crippen LogP contribution in [0.5, 0.6) is 5.75 Å². The Hall–Kier alpha value is -5.59. The van der Waals surface area contributed by atoms with E-state index in [2.05, 4.69) is 31.5 Å². The van der Waals surface area contributed by atoms with Crippen LogP contribution in [0.3, 0.4) is 0 Å². The number of carbonyl (C=O) groups is 3. The predicted molar refractivity (Wildman–Crippen MR) is 165 cm³/mol. The number of nitrogens with one attached hydrogen (secondary N) is 4. The maximum absolute atomic E-state index is 13.2. The van der Waals surface area contributed by atoms with Gasteiger partial charge in [0.25, 0.3) is 5.91 Å². The minimum atomic E-state index is -0.636. The number of hydrogen-bond acceptors (Lipinski definition) is 7. The van der Waals surface area contributed by atoms with Crippen molar-refractivity contribution in [2.24, 2.45) is 5.73 Å². The third-order valence-corrected chi connectivity index (χ3v) is 6.80. The number of amides is 4. The van der Waals surface area contributed by atoms with Crippen LogP contribution in [0.25, 0.3) is 21.8 Å². The van der Waals surface area contributed by atoms with Crippen molar-refractivity contribution < 1.29 is 19.1 Å². The molecule has 13 nitrogen and oxygen atoms in total. The van der Waals surface area contributed by atoms with Gasteiger partial charge in [-0.15, -0.1) is 0 Å². The molecule has 0 bridgehead atoms. The average Bonchev–Trinajstić information content (AvgIpc) is 3.55. The van der Waals surface area contributed by atoms with Crippen LogP contribution in [0.4, 0.5) is 16.4 Å². The van der Waals surface area contributed by atoms with Crippen LogP contribution in [0.2, 0.25) is 0 Å². The number of aryl methyl sites for hydroxylation is 2. The van der Waals surface area contributed by atoms with Crippen molar-refractivity contribution in [2.45, 2.75) is 26.8 Å². The molecule has 0 aliphatic carbocycles. The third-order valence-electron chi connectivity index (χ3n) is 6.80. The SMILES string of the molecule is CCn1nc(C)cc1C(=O)Nc1nc2cc(C(N)=O)cc(OC)c2n1NCCCNC(=O)Nc1ccc2ccccc2c1. The lowest BCUT2D eigenvalue weighted by Crippen LogP contribution is -2.31. The summed E-state index contributed by atoms with van der Waals surface area (Å²) in [5.74, 6) is -0.511. The molecule has 43 heavy (non-hydrogen) atoms. The quantitative estimate of drug-likeness (QED) is 0.147. The zero-order valence-corrected chi connectivity index (χ0v) is 24.1. The Kier molecular flexibility index (Phi) is 8.41. The highest BCUT2D eigenvalue weighted by Gasteiger charge is 2.21. The zero-order chi connectivity index (χ0) is 30.5. The summed E-state index contributed by atoms with van der Waals surface area (Å²) in [7, 11) is 1.47. The van der Waals surface area contributed by atoms with Gasteiger partial charge in [0.2, 0.25) is 11.9 Å². The number of urea groups is 1. The minimum Gasteiger partial charge on any atom is -0.494 e. The van der Waals surface area contributed by atoms with Crippen LogP contribution >= 0.6 is 0 Å². The first-order chi connectivity index (χ1) is 20.8. The lowest BCUT2D eigenvalue weighted by Gasteiger charge is -2.15. The Labute approximate surface area is 247 Å². The fourth-order valence-corrected chi connectivity index (χ4v) is 4.77. The number of fused-ring (bicyclic) bond motifs is 2. The summed E-state index contributed by atoms with van der Waals surface area (Å²) >= 11 is 0. The molecular weight excluding hydrogens is 550 g/mol. The number of rotatable bonds is 11. The number of hydrogen-bond donors (Lipinski definition) is 5. The summed E-state index contributed by atoms with van der Waals surface area (Å²) in [4.78, 5) is 42.2. The first-order valence-corrected chi connectivity index (χ1v) is 13.8. The van der Waals surface area contributed by atoms with Crippen LogP contribution in [0, 0.1) is 6.92 Å². The first kappa shape index (κ1) is 28.9. The summed E-state index contributed by atoms with van der Waals surface area (Å²) in [6, 6.07) is 18.1. The molecule has 4 amide bonds. The number of carbonyl (C=O) groups excluding carboxylic acids is 3. The van der Waals surface area contributed by atoms with Gasteiger partial charge in [-0.25, -0.2) is 14.5 Å². The standard InChI is InChI=1S/C30H33N9O4/c1-4-38-24(14-18(2)37-38)28(41)36-29-35-23-16-21(27(31)40)17-25(43-3)26(23)39(29)33-13-7-12-32-30(42)34-22-11-10-19-8-5-6-9-20(19)15-22/h5-6,8-11,14-17,33H,4,7,12-13H2,1-3H3,(H2,31,40)(H2,32,34,42)(H,35,36,41). The molecule has 0 aliphatic rings. The Bertz CT molecular complexity index is 1830. The van der Waals surface area contributed by atoms with E-state index in [1.807, 2.05) is 56.3 Å². The monoisotopic (exact) mass is 583 g/mol. The van der Waals surface area contributed by atoms with Crippen molar-refractivity contribution in [1.29, 1.82) is 0 Å². The number of aromatic nitrogens is 4. The molecule has 5 aromatic rings. The number of nitrogens with zero attached hydrogens (tertiary/aromatic N) is 4. The fourth-order valence-electron chi connectivity index (χ4n) is 4.77. The summed E-state index contributed by atoms with van der Waals surface area (Å²) in [5.41, 5.74) is 11.7. The predicted octanol–water partition coefficient (Wildman–Crippen LogP) is 3.83. The Balaban J connectivity index is 1.29. The molecule has 0 aliphatic heterocycles. The lowest BCUT2D eigenvalue weighted by molar-refractivity contribution is 0.0995. The molecule has 0 radical (unpaired) electrons. The van der Waals surface area contributed by atoms with Crippen molar-refractivity contribution in [2.75, 3.05) is 36.3 Å². The van der Waals surface area contributed by atoms with Crippen LogP contribution < -0.4 is 31.8 Å². The third kappa shape index (κ3) is 6.35. The number of anilines is 2. The van der Waals surface area contributed by atoms with Gasteiger partial charge < -0.3 is 26.5 Å². The number of nitrogens with two attached hydrogens (primary N) is 1. The highest BCUT2D eigenvalue weighted by Crippen LogP contribution is 2.30. The molecular formula is C30H33N9O4. The highest BCUT2D eigenvalue weighted by molar-refractivity contribution is 6.04. The maximum atomic E-state index is 13.2. The van der Waals surface area contributed by atoms with Crippen molar-refractivity contribution in [1.82, 2.24) is 24.8 Å². The van der Waals surface area contributed by atoms with Gasteiger partial charge in [0.05, 0.1) is 18.3 Å². The van der Waals surface area contributed by atoms with Gasteiger partial charge in [0.15, 0.2) is 0 Å². The van der Waals surface area contributed by atoms with E-state index in [-0.39, 0.29) is 17.5 Å². The highest BCUT2D eigenvalue weighted by atomic mass is 16.5. The molecule has 0 atom stereocenters. The molecule has 5 rings (SSSR count). The Morgan fingerprint density at radius 3 is 2.51 bits per heavy atom. The van der Waals surface area contributed by atoms with E-state index < -0.39 is 11.8 Å². The van der Waals surface area contributed by atoms with Crippen LogP contribution in [-0.2, 0) is 6.54 Å². The molecule has 2 aromatic heterocycles. The lowest BCUT2D eigenvalue weighted by atomic mass is 10.1. The number of primary amides is 1. The Morgan fingerprint density at radius 2 is 1.77 bits per heavy atom. The normalized spacial score (nSPS) is 11.0. The average molecular weight is 584 g/mol. The number of ether oxygens (including phenoxy) is 1. The van der Waals surface area contributed by atoms with E-state index in [1.54, 1.807) is 15.4 Å². The molecule has 13 heteroatoms. The smallest absolute Gasteiger partial charge is 0.319 e. The van der Waals surface area contributed by atoms with Gasteiger partial charge in [-0.1, -0.05) is 30.3 Å². The number of benzene rings is 3. The number of methoxy groups -OCH3 is 1. The van der Waals surface area contributed by atoms with E-state index in [1.165, 1.54) is 19.2 Å². The summed E-state index contributed by atoms with van der Waals surface area (Å²) in [6.07, 6.45) is 0.543. The second kappa shape index (κ2) is 12.5. The van der Waals surface area contributed by atoms with Crippen molar-refractivity contribution in [3.8, 4) is 5.75 Å². The van der Waals surface area contributed by atoms with E-state index >= 15 is 0 Å². The second-order valence-electron chi connectivity index (χ2n) is 9.83. The molecule has 2 heterocycles. The summed E-state index contributed by atoms with van der Waals surface area (Å²) in [5, 5.41) is 15.0. The molecule has 0 saturated carbocycles. The minimum absolute atomic E-state index is 0.184. The van der Waals surface area contributed by atoms with Gasteiger partial charge in [0, 0.05) is 30.9 Å². The second-order valence-corrected chi connectivity index (χ2v) is 9.83. The Morgan fingerprint density at radius 1 is 0.977 bits per heavy atom. The molecule has 0 spiro atoms. The largest absolute Gasteiger partial charge is 0.494 e. The van der Waals surface area contributed by atoms with Gasteiger partial charge in [-0.05, 0) is 61.4 Å². The zero-order valence-electron chi connectivity index (χ0n) is 24.1. The maximum Gasteiger partial charge on any atom is 0.319 e. The van der Waals surface area contributed by atoms with Crippen molar-refractivity contribution in [3.63, 3.8) is 0 Å². The van der Waals surface area contributed by atoms with E-state index in [0.29, 0.717) is 59.9 Å². The topological polar surface area (TPSA) is 170 Å². The van der Waals surface area contributed by atoms with Crippen LogP contribution in [0.15, 0.2) is 60.7 Å². The molecule has 0 saturated heterocycles. The molecule has 222 valence electrons. The number of imidazole rings is 1. The molecule has 0 unspecified atom stereocenters. The van der Waals surface area contributed by atoms with Crippen LogP contribution in [-0.4, -0.2) is 57.5 Å². The van der Waals surface area contributed by atoms with E-state index in [9.17, 15) is 14.4 Å². The van der Waals surface area contributed by atoms with Gasteiger partial charge in [0.1, 0.15) is 17.0 Å². The fraction of sp³-hybridized carbons (Fsp3) is 0.233. The molecule has 6 N–H and O–H groups in total. The van der Waals surface area contributed by atoms with Gasteiger partial charge in [-0.3, -0.25) is 19.6 Å². The molecule has 0 fully saturated rings. The summed E-state index contributed by atoms with van der Waals surface area (Å²) < 4.78 is 8.73. The van der Waals surface area contributed by atoms with E-state index in [0.717, 1.165) is 10.8 Å². The van der Waals surface area contributed by atoms with Crippen molar-refractivity contribution >= 4 is 51.3 Å². The van der Waals surface area contributed by atoms with Gasteiger partial charge in [-0.2, -0.15) is 5.10 Å². The summed E-state index contributed by atoms with van der Waals surface area (Å²) in [6.45, 7) is 5.00. The van der Waals surface area contributed by atoms with Gasteiger partial charge >= 0.3 is 6.03 Å². The first-order valence-electron chi connectivity index (χ1n) is 13.8. The van der Waals surface area contributed by atoms with Crippen molar-refractivity contribution in [3.05, 3.63) is 77.6 Å². The molecule has 3 aromatic carbocycles. The van der Waals surface area contributed by atoms with Crippen LogP contribution in [0.1, 0.15) is 39.9 Å².